The van der Waals surface area contributed by atoms with E-state index in [2.05, 4.69) is 9.97 Å². The second kappa shape index (κ2) is 8.17. The Bertz CT molecular complexity index is 733. The smallest absolute Gasteiger partial charge is 0.260 e. The second-order valence-electron chi connectivity index (χ2n) is 6.69. The van der Waals surface area contributed by atoms with Crippen LogP contribution in [0, 0.1) is 20.8 Å². The third kappa shape index (κ3) is 4.94. The van der Waals surface area contributed by atoms with Crippen LogP contribution in [0.15, 0.2) is 30.3 Å². The molecule has 1 aliphatic rings. The van der Waals surface area contributed by atoms with E-state index in [9.17, 15) is 4.79 Å². The number of carbonyl (C=O) groups is 1. The minimum absolute atomic E-state index is 0.0118. The van der Waals surface area contributed by atoms with Gasteiger partial charge < -0.3 is 14.4 Å². The zero-order chi connectivity index (χ0) is 18.5. The van der Waals surface area contributed by atoms with Crippen LogP contribution < -0.4 is 9.47 Å². The molecule has 0 atom stereocenters. The molecule has 0 radical (unpaired) electrons. The average Bonchev–Trinajstić information content (AvgIpc) is 2.61. The SMILES string of the molecule is Cc1ccc(OCC(=O)N2CCC(Oc3cc(C)nc(C)n3)CC2)cc1. The molecular formula is C20H25N3O3. The summed E-state index contributed by atoms with van der Waals surface area (Å²) in [6, 6.07) is 9.56. The highest BCUT2D eigenvalue weighted by Gasteiger charge is 2.24. The number of hydrogen-bond acceptors (Lipinski definition) is 5. The zero-order valence-corrected chi connectivity index (χ0v) is 15.6. The molecule has 6 nitrogen and oxygen atoms in total. The molecule has 1 aromatic heterocycles. The fourth-order valence-corrected chi connectivity index (χ4v) is 3.01. The van der Waals surface area contributed by atoms with Gasteiger partial charge in [0.15, 0.2) is 6.61 Å². The van der Waals surface area contributed by atoms with Gasteiger partial charge in [0, 0.05) is 37.7 Å². The van der Waals surface area contributed by atoms with Gasteiger partial charge in [-0.2, -0.15) is 4.98 Å². The second-order valence-corrected chi connectivity index (χ2v) is 6.69. The monoisotopic (exact) mass is 355 g/mol. The van der Waals surface area contributed by atoms with Crippen LogP contribution in [0.5, 0.6) is 11.6 Å². The van der Waals surface area contributed by atoms with Crippen molar-refractivity contribution in [3.8, 4) is 11.6 Å². The molecule has 0 bridgehead atoms. The summed E-state index contributed by atoms with van der Waals surface area (Å²) < 4.78 is 11.6. The van der Waals surface area contributed by atoms with Crippen molar-refractivity contribution in [2.75, 3.05) is 19.7 Å². The Morgan fingerprint density at radius 3 is 2.46 bits per heavy atom. The van der Waals surface area contributed by atoms with Gasteiger partial charge in [0.05, 0.1) is 0 Å². The summed E-state index contributed by atoms with van der Waals surface area (Å²) in [7, 11) is 0. The summed E-state index contributed by atoms with van der Waals surface area (Å²) >= 11 is 0. The predicted molar refractivity (Wildman–Crippen MR) is 98.4 cm³/mol. The molecule has 0 spiro atoms. The molecular weight excluding hydrogens is 330 g/mol. The molecule has 0 saturated carbocycles. The topological polar surface area (TPSA) is 64.5 Å². The first kappa shape index (κ1) is 18.2. The summed E-state index contributed by atoms with van der Waals surface area (Å²) in [5, 5.41) is 0. The molecule has 1 fully saturated rings. The van der Waals surface area contributed by atoms with Crippen LogP contribution in [0.4, 0.5) is 0 Å². The molecule has 0 unspecified atom stereocenters. The molecule has 1 aromatic carbocycles. The maximum Gasteiger partial charge on any atom is 0.260 e. The zero-order valence-electron chi connectivity index (χ0n) is 15.6. The lowest BCUT2D eigenvalue weighted by molar-refractivity contribution is -0.135. The van der Waals surface area contributed by atoms with Crippen molar-refractivity contribution in [1.82, 2.24) is 14.9 Å². The lowest BCUT2D eigenvalue weighted by atomic mass is 10.1. The number of aromatic nitrogens is 2. The van der Waals surface area contributed by atoms with Gasteiger partial charge >= 0.3 is 0 Å². The molecule has 1 amide bonds. The van der Waals surface area contributed by atoms with Crippen LogP contribution in [0.1, 0.15) is 29.9 Å². The minimum atomic E-state index is 0.0118. The van der Waals surface area contributed by atoms with Crippen LogP contribution in [0.2, 0.25) is 0 Å². The highest BCUT2D eigenvalue weighted by atomic mass is 16.5. The Hall–Kier alpha value is -2.63. The first-order chi connectivity index (χ1) is 12.5. The Morgan fingerprint density at radius 1 is 1.12 bits per heavy atom. The molecule has 0 N–H and O–H groups in total. The number of aryl methyl sites for hydroxylation is 3. The number of carbonyl (C=O) groups excluding carboxylic acids is 1. The number of rotatable bonds is 5. The van der Waals surface area contributed by atoms with E-state index in [0.29, 0.717) is 24.8 Å². The maximum absolute atomic E-state index is 12.3. The molecule has 138 valence electrons. The molecule has 2 aromatic rings. The Morgan fingerprint density at radius 2 is 1.81 bits per heavy atom. The minimum Gasteiger partial charge on any atom is -0.484 e. The van der Waals surface area contributed by atoms with Gasteiger partial charge in [-0.25, -0.2) is 4.98 Å². The molecule has 0 aliphatic carbocycles. The third-order valence-electron chi connectivity index (χ3n) is 4.41. The largest absolute Gasteiger partial charge is 0.484 e. The van der Waals surface area contributed by atoms with Crippen molar-refractivity contribution in [3.63, 3.8) is 0 Å². The van der Waals surface area contributed by atoms with Gasteiger partial charge in [-0.3, -0.25) is 4.79 Å². The van der Waals surface area contributed by atoms with Crippen LogP contribution >= 0.6 is 0 Å². The Kier molecular flexibility index (Phi) is 5.71. The predicted octanol–water partition coefficient (Wildman–Crippen LogP) is 2.85. The first-order valence-corrected chi connectivity index (χ1v) is 8.96. The summed E-state index contributed by atoms with van der Waals surface area (Å²) in [5.41, 5.74) is 2.06. The van der Waals surface area contributed by atoms with Crippen molar-refractivity contribution >= 4 is 5.91 Å². The summed E-state index contributed by atoms with van der Waals surface area (Å²) in [6.45, 7) is 7.21. The highest BCUT2D eigenvalue weighted by Crippen LogP contribution is 2.18. The van der Waals surface area contributed by atoms with E-state index in [1.807, 2.05) is 56.0 Å². The van der Waals surface area contributed by atoms with Crippen molar-refractivity contribution in [2.24, 2.45) is 0 Å². The van der Waals surface area contributed by atoms with E-state index in [4.69, 9.17) is 9.47 Å². The number of ether oxygens (including phenoxy) is 2. The van der Waals surface area contributed by atoms with E-state index in [1.54, 1.807) is 0 Å². The van der Waals surface area contributed by atoms with Gasteiger partial charge in [-0.15, -0.1) is 0 Å². The standard InChI is InChI=1S/C20H25N3O3/c1-14-4-6-17(7-5-14)25-13-20(24)23-10-8-18(9-11-23)26-19-12-15(2)21-16(3)22-19/h4-7,12,18H,8-11,13H2,1-3H3. The van der Waals surface area contributed by atoms with Crippen molar-refractivity contribution in [2.45, 2.75) is 39.7 Å². The van der Waals surface area contributed by atoms with E-state index >= 15 is 0 Å². The number of likely N-dealkylation sites (tertiary alicyclic amines) is 1. The molecule has 3 rings (SSSR count). The number of amides is 1. The van der Waals surface area contributed by atoms with Crippen molar-refractivity contribution in [1.29, 1.82) is 0 Å². The van der Waals surface area contributed by atoms with Gasteiger partial charge in [-0.1, -0.05) is 17.7 Å². The summed E-state index contributed by atoms with van der Waals surface area (Å²) in [5.74, 6) is 2.05. The summed E-state index contributed by atoms with van der Waals surface area (Å²) in [6.07, 6.45) is 1.65. The lowest BCUT2D eigenvalue weighted by Crippen LogP contribution is -2.43. The van der Waals surface area contributed by atoms with Crippen LogP contribution in [-0.2, 0) is 4.79 Å². The molecule has 6 heteroatoms. The number of piperidine rings is 1. The van der Waals surface area contributed by atoms with Gasteiger partial charge in [0.1, 0.15) is 17.7 Å². The van der Waals surface area contributed by atoms with E-state index in [0.717, 1.165) is 24.3 Å². The number of nitrogens with zero attached hydrogens (tertiary/aromatic N) is 3. The van der Waals surface area contributed by atoms with Crippen LogP contribution in [0.3, 0.4) is 0 Å². The van der Waals surface area contributed by atoms with Crippen molar-refractivity contribution < 1.29 is 14.3 Å². The fraction of sp³-hybridized carbons (Fsp3) is 0.450. The van der Waals surface area contributed by atoms with Crippen LogP contribution in [0.25, 0.3) is 0 Å². The van der Waals surface area contributed by atoms with Gasteiger partial charge in [0.2, 0.25) is 5.88 Å². The van der Waals surface area contributed by atoms with Gasteiger partial charge in [0.25, 0.3) is 5.91 Å². The molecule has 2 heterocycles. The average molecular weight is 355 g/mol. The van der Waals surface area contributed by atoms with E-state index in [-0.39, 0.29) is 18.6 Å². The number of hydrogen-bond donors (Lipinski definition) is 0. The van der Waals surface area contributed by atoms with E-state index in [1.165, 1.54) is 5.56 Å². The first-order valence-electron chi connectivity index (χ1n) is 8.96. The van der Waals surface area contributed by atoms with E-state index < -0.39 is 0 Å². The maximum atomic E-state index is 12.3. The lowest BCUT2D eigenvalue weighted by Gasteiger charge is -2.31. The summed E-state index contributed by atoms with van der Waals surface area (Å²) in [4.78, 5) is 22.7. The van der Waals surface area contributed by atoms with Crippen molar-refractivity contribution in [3.05, 3.63) is 47.4 Å². The molecule has 1 aliphatic heterocycles. The number of benzene rings is 1. The third-order valence-corrected chi connectivity index (χ3v) is 4.41. The fourth-order valence-electron chi connectivity index (χ4n) is 3.01. The Labute approximate surface area is 154 Å². The molecule has 1 saturated heterocycles. The Balaban J connectivity index is 1.45. The highest BCUT2D eigenvalue weighted by molar-refractivity contribution is 5.77. The quantitative estimate of drug-likeness (QED) is 0.825. The van der Waals surface area contributed by atoms with Crippen LogP contribution in [-0.4, -0.2) is 46.6 Å². The van der Waals surface area contributed by atoms with Gasteiger partial charge in [-0.05, 0) is 32.9 Å². The molecule has 26 heavy (non-hydrogen) atoms. The normalized spacial score (nSPS) is 15.0.